The number of nitrogens with zero attached hydrogens (tertiary/aromatic N) is 1. The van der Waals surface area contributed by atoms with E-state index in [0.717, 1.165) is 0 Å². The van der Waals surface area contributed by atoms with E-state index < -0.39 is 0 Å². The molecule has 0 aromatic heterocycles. The van der Waals surface area contributed by atoms with Gasteiger partial charge < -0.3 is 0 Å². The average molecular weight is 313 g/mol. The lowest BCUT2D eigenvalue weighted by Crippen LogP contribution is -2.47. The molecular weight excluding hydrogens is 282 g/mol. The van der Waals surface area contributed by atoms with E-state index in [1.54, 1.807) is 0 Å². The SMILES string of the molecule is C.CC(=O)CC(=O)CC(C)C.CC(C)CC(=O)N1CCC1=O. The topological polar surface area (TPSA) is 71.5 Å². The van der Waals surface area contributed by atoms with Gasteiger partial charge in [-0.05, 0) is 18.8 Å². The highest BCUT2D eigenvalue weighted by Crippen LogP contribution is 2.12. The summed E-state index contributed by atoms with van der Waals surface area (Å²) in [5, 5.41) is 0. The van der Waals surface area contributed by atoms with Gasteiger partial charge in [-0.25, -0.2) is 0 Å². The Morgan fingerprint density at radius 1 is 1.05 bits per heavy atom. The summed E-state index contributed by atoms with van der Waals surface area (Å²) in [6.07, 6.45) is 1.67. The van der Waals surface area contributed by atoms with Crippen LogP contribution in [0.2, 0.25) is 0 Å². The molecule has 1 heterocycles. The van der Waals surface area contributed by atoms with Crippen LogP contribution in [0.3, 0.4) is 0 Å². The minimum atomic E-state index is -0.0364. The molecule has 0 radical (unpaired) electrons. The molecule has 5 heteroatoms. The van der Waals surface area contributed by atoms with Crippen molar-refractivity contribution in [2.75, 3.05) is 6.54 Å². The second-order valence-corrected chi connectivity index (χ2v) is 6.30. The molecule has 0 N–H and O–H groups in total. The average Bonchev–Trinajstić information content (AvgIpc) is 2.24. The molecule has 1 aliphatic rings. The number of hydrogen-bond donors (Lipinski definition) is 0. The van der Waals surface area contributed by atoms with Crippen molar-refractivity contribution < 1.29 is 19.2 Å². The van der Waals surface area contributed by atoms with Gasteiger partial charge in [-0.3, -0.25) is 24.1 Å². The molecule has 0 aromatic carbocycles. The Morgan fingerprint density at radius 2 is 1.55 bits per heavy atom. The number of rotatable bonds is 6. The van der Waals surface area contributed by atoms with Crippen LogP contribution in [0.1, 0.15) is 67.7 Å². The van der Waals surface area contributed by atoms with Crippen LogP contribution in [-0.4, -0.2) is 34.8 Å². The molecule has 0 unspecified atom stereocenters. The molecule has 1 rings (SSSR count). The van der Waals surface area contributed by atoms with E-state index in [1.807, 2.05) is 27.7 Å². The maximum atomic E-state index is 11.2. The Bertz CT molecular complexity index is 399. The fourth-order valence-electron chi connectivity index (χ4n) is 1.84. The molecule has 5 nitrogen and oxygen atoms in total. The Morgan fingerprint density at radius 3 is 1.82 bits per heavy atom. The molecular formula is C17H31NO4. The van der Waals surface area contributed by atoms with Crippen LogP contribution in [0, 0.1) is 11.8 Å². The zero-order valence-electron chi connectivity index (χ0n) is 13.8. The molecule has 0 aromatic rings. The number of hydrogen-bond acceptors (Lipinski definition) is 4. The Kier molecular flexibility index (Phi) is 11.5. The minimum Gasteiger partial charge on any atom is -0.300 e. The van der Waals surface area contributed by atoms with Crippen LogP contribution in [0.25, 0.3) is 0 Å². The van der Waals surface area contributed by atoms with Crippen molar-refractivity contribution in [3.63, 3.8) is 0 Å². The first kappa shape index (κ1) is 22.8. The van der Waals surface area contributed by atoms with E-state index in [1.165, 1.54) is 11.8 Å². The summed E-state index contributed by atoms with van der Waals surface area (Å²) in [6, 6.07) is 0. The number of amides is 2. The van der Waals surface area contributed by atoms with E-state index in [9.17, 15) is 19.2 Å². The highest BCUT2D eigenvalue weighted by atomic mass is 16.2. The zero-order valence-corrected chi connectivity index (χ0v) is 13.8. The van der Waals surface area contributed by atoms with Gasteiger partial charge in [0.15, 0.2) is 0 Å². The number of Topliss-reactive ketones (excluding diaryl/α,β-unsaturated/α-hetero) is 2. The van der Waals surface area contributed by atoms with Crippen molar-refractivity contribution in [3.05, 3.63) is 0 Å². The molecule has 0 saturated carbocycles. The van der Waals surface area contributed by atoms with E-state index in [-0.39, 0.29) is 37.2 Å². The molecule has 1 fully saturated rings. The lowest BCUT2D eigenvalue weighted by Gasteiger charge is -2.28. The van der Waals surface area contributed by atoms with Crippen molar-refractivity contribution in [2.45, 2.75) is 67.7 Å². The third-order valence-electron chi connectivity index (χ3n) is 2.82. The van der Waals surface area contributed by atoms with Crippen LogP contribution in [0.4, 0.5) is 0 Å². The monoisotopic (exact) mass is 313 g/mol. The van der Waals surface area contributed by atoms with Crippen LogP contribution in [0.5, 0.6) is 0 Å². The predicted octanol–water partition coefficient (Wildman–Crippen LogP) is 3.01. The van der Waals surface area contributed by atoms with Crippen LogP contribution < -0.4 is 0 Å². The lowest BCUT2D eigenvalue weighted by atomic mass is 10.0. The number of ketones is 2. The molecule has 1 aliphatic heterocycles. The summed E-state index contributed by atoms with van der Waals surface area (Å²) in [5.41, 5.74) is 0. The molecule has 0 atom stereocenters. The molecule has 22 heavy (non-hydrogen) atoms. The van der Waals surface area contributed by atoms with Crippen molar-refractivity contribution in [2.24, 2.45) is 11.8 Å². The number of carbonyl (C=O) groups is 4. The highest BCUT2D eigenvalue weighted by Gasteiger charge is 2.29. The predicted molar refractivity (Wildman–Crippen MR) is 87.3 cm³/mol. The van der Waals surface area contributed by atoms with Crippen molar-refractivity contribution in [3.8, 4) is 0 Å². The Labute approximate surface area is 134 Å². The first-order chi connectivity index (χ1) is 9.63. The summed E-state index contributed by atoms with van der Waals surface area (Å²) >= 11 is 0. The van der Waals surface area contributed by atoms with Crippen molar-refractivity contribution in [1.82, 2.24) is 4.90 Å². The number of carbonyl (C=O) groups excluding carboxylic acids is 4. The number of β-lactam (4-membered cyclic amide) rings is 1. The zero-order chi connectivity index (χ0) is 16.6. The standard InChI is InChI=1S/C8H13NO2.C8H14O2.CH4/c1-6(2)5-8(11)9-4-3-7(9)10;1-6(2)4-8(10)5-7(3)9;/h6H,3-5H2,1-2H3;6H,4-5H2,1-3H3;1H4. The Balaban J connectivity index is 0. The normalized spacial score (nSPS) is 13.0. The van der Waals surface area contributed by atoms with Crippen LogP contribution in [-0.2, 0) is 19.2 Å². The van der Waals surface area contributed by atoms with Gasteiger partial charge in [0.25, 0.3) is 0 Å². The number of imide groups is 1. The summed E-state index contributed by atoms with van der Waals surface area (Å²) in [6.45, 7) is 9.96. The van der Waals surface area contributed by atoms with Gasteiger partial charge in [-0.1, -0.05) is 35.1 Å². The highest BCUT2D eigenvalue weighted by molar-refractivity contribution is 5.99. The molecule has 0 aliphatic carbocycles. The van der Waals surface area contributed by atoms with E-state index in [2.05, 4.69) is 0 Å². The molecule has 1 saturated heterocycles. The first-order valence-electron chi connectivity index (χ1n) is 7.47. The molecule has 0 spiro atoms. The van der Waals surface area contributed by atoms with Gasteiger partial charge in [-0.2, -0.15) is 0 Å². The lowest BCUT2D eigenvalue weighted by molar-refractivity contribution is -0.152. The Hall–Kier alpha value is -1.52. The molecule has 128 valence electrons. The first-order valence-corrected chi connectivity index (χ1v) is 7.47. The van der Waals surface area contributed by atoms with Crippen LogP contribution in [0.15, 0.2) is 0 Å². The van der Waals surface area contributed by atoms with Gasteiger partial charge >= 0.3 is 0 Å². The van der Waals surface area contributed by atoms with E-state index in [4.69, 9.17) is 0 Å². The number of likely N-dealkylation sites (tertiary alicyclic amines) is 1. The maximum absolute atomic E-state index is 11.2. The third kappa shape index (κ3) is 10.2. The third-order valence-corrected chi connectivity index (χ3v) is 2.82. The minimum absolute atomic E-state index is 0. The van der Waals surface area contributed by atoms with Crippen LogP contribution >= 0.6 is 0 Å². The van der Waals surface area contributed by atoms with E-state index in [0.29, 0.717) is 37.6 Å². The molecule has 0 bridgehead atoms. The fraction of sp³-hybridized carbons (Fsp3) is 0.765. The second-order valence-electron chi connectivity index (χ2n) is 6.30. The van der Waals surface area contributed by atoms with Gasteiger partial charge in [0.1, 0.15) is 11.6 Å². The van der Waals surface area contributed by atoms with Crippen molar-refractivity contribution >= 4 is 23.4 Å². The maximum Gasteiger partial charge on any atom is 0.230 e. The van der Waals surface area contributed by atoms with Gasteiger partial charge in [0, 0.05) is 25.8 Å². The summed E-state index contributed by atoms with van der Waals surface area (Å²) < 4.78 is 0. The van der Waals surface area contributed by atoms with Gasteiger partial charge in [-0.15, -0.1) is 0 Å². The van der Waals surface area contributed by atoms with Gasteiger partial charge in [0.2, 0.25) is 11.8 Å². The quantitative estimate of drug-likeness (QED) is 0.558. The smallest absolute Gasteiger partial charge is 0.230 e. The summed E-state index contributed by atoms with van der Waals surface area (Å²) in [5.74, 6) is 0.697. The summed E-state index contributed by atoms with van der Waals surface area (Å²) in [7, 11) is 0. The second kappa shape index (κ2) is 11.1. The largest absolute Gasteiger partial charge is 0.300 e. The van der Waals surface area contributed by atoms with Crippen molar-refractivity contribution in [1.29, 1.82) is 0 Å². The summed E-state index contributed by atoms with van der Waals surface area (Å²) in [4.78, 5) is 44.5. The van der Waals surface area contributed by atoms with E-state index >= 15 is 0 Å². The molecule has 2 amide bonds. The fourth-order valence-corrected chi connectivity index (χ4v) is 1.84. The van der Waals surface area contributed by atoms with Gasteiger partial charge in [0.05, 0.1) is 6.42 Å².